The maximum Gasteiger partial charge on any atom is 0.254 e. The zero-order chi connectivity index (χ0) is 14.8. The summed E-state index contributed by atoms with van der Waals surface area (Å²) in [5.41, 5.74) is 3.54. The average molecular weight is 288 g/mol. The van der Waals surface area contributed by atoms with E-state index in [4.69, 9.17) is 4.74 Å². The third kappa shape index (κ3) is 3.11. The van der Waals surface area contributed by atoms with Gasteiger partial charge in [0.25, 0.3) is 5.91 Å². The van der Waals surface area contributed by atoms with Gasteiger partial charge >= 0.3 is 0 Å². The van der Waals surface area contributed by atoms with E-state index < -0.39 is 0 Å². The van der Waals surface area contributed by atoms with Crippen molar-refractivity contribution in [3.05, 3.63) is 34.9 Å². The van der Waals surface area contributed by atoms with Gasteiger partial charge in [-0.1, -0.05) is 6.07 Å². The largest absolute Gasteiger partial charge is 0.378 e. The first-order valence-corrected chi connectivity index (χ1v) is 7.88. The molecule has 4 nitrogen and oxygen atoms in total. The number of hydrogen-bond acceptors (Lipinski definition) is 3. The number of nitrogens with zero attached hydrogens (tertiary/aromatic N) is 2. The summed E-state index contributed by atoms with van der Waals surface area (Å²) in [4.78, 5) is 16.9. The van der Waals surface area contributed by atoms with Crippen LogP contribution >= 0.6 is 0 Å². The molecule has 2 heterocycles. The van der Waals surface area contributed by atoms with Gasteiger partial charge in [-0.25, -0.2) is 0 Å². The van der Waals surface area contributed by atoms with E-state index in [1.807, 2.05) is 11.0 Å². The Hall–Kier alpha value is -1.39. The lowest BCUT2D eigenvalue weighted by atomic mass is 9.96. The Morgan fingerprint density at radius 1 is 1.14 bits per heavy atom. The van der Waals surface area contributed by atoms with E-state index in [1.165, 1.54) is 11.1 Å². The molecule has 4 heteroatoms. The van der Waals surface area contributed by atoms with Gasteiger partial charge in [0.15, 0.2) is 0 Å². The molecule has 0 atom stereocenters. The smallest absolute Gasteiger partial charge is 0.254 e. The van der Waals surface area contributed by atoms with E-state index in [0.29, 0.717) is 32.3 Å². The van der Waals surface area contributed by atoms with E-state index in [2.05, 4.69) is 30.9 Å². The monoisotopic (exact) mass is 288 g/mol. The van der Waals surface area contributed by atoms with Crippen LogP contribution in [0.3, 0.4) is 0 Å². The average Bonchev–Trinajstić information content (AvgIpc) is 2.54. The van der Waals surface area contributed by atoms with Gasteiger partial charge in [-0.3, -0.25) is 9.69 Å². The molecule has 0 aromatic heterocycles. The fraction of sp³-hybridized carbons (Fsp3) is 0.588. The fourth-order valence-corrected chi connectivity index (χ4v) is 3.10. The number of fused-ring (bicyclic) bond motifs is 1. The van der Waals surface area contributed by atoms with Crippen LogP contribution < -0.4 is 0 Å². The number of ether oxygens (including phenoxy) is 1. The molecule has 0 unspecified atom stereocenters. The molecule has 0 aliphatic carbocycles. The number of benzene rings is 1. The van der Waals surface area contributed by atoms with Gasteiger partial charge in [0, 0.05) is 37.8 Å². The molecule has 3 rings (SSSR count). The normalized spacial score (nSPS) is 19.7. The van der Waals surface area contributed by atoms with Crippen molar-refractivity contribution in [1.82, 2.24) is 9.80 Å². The molecule has 0 bridgehead atoms. The molecule has 1 aromatic rings. The van der Waals surface area contributed by atoms with Gasteiger partial charge < -0.3 is 9.64 Å². The van der Waals surface area contributed by atoms with E-state index in [9.17, 15) is 4.79 Å². The molecule has 1 fully saturated rings. The summed E-state index contributed by atoms with van der Waals surface area (Å²) in [7, 11) is 0. The minimum atomic E-state index is 0.146. The molecule has 1 saturated heterocycles. The fourth-order valence-electron chi connectivity index (χ4n) is 3.10. The summed E-state index contributed by atoms with van der Waals surface area (Å²) in [6, 6.07) is 6.80. The van der Waals surface area contributed by atoms with Crippen molar-refractivity contribution < 1.29 is 9.53 Å². The first kappa shape index (κ1) is 14.5. The van der Waals surface area contributed by atoms with E-state index in [1.54, 1.807) is 0 Å². The lowest BCUT2D eigenvalue weighted by molar-refractivity contribution is 0.0302. The van der Waals surface area contributed by atoms with Crippen LogP contribution in [0, 0.1) is 0 Å². The van der Waals surface area contributed by atoms with E-state index in [-0.39, 0.29) is 5.91 Å². The lowest BCUT2D eigenvalue weighted by Gasteiger charge is -2.32. The SMILES string of the molecule is CC(C)N1CCc2cc(C(=O)N3CCOCC3)ccc2C1. The van der Waals surface area contributed by atoms with Crippen molar-refractivity contribution in [3.8, 4) is 0 Å². The highest BCUT2D eigenvalue weighted by atomic mass is 16.5. The third-order valence-corrected chi connectivity index (χ3v) is 4.52. The van der Waals surface area contributed by atoms with Crippen LogP contribution in [0.2, 0.25) is 0 Å². The Balaban J connectivity index is 1.76. The Bertz CT molecular complexity index is 522. The molecule has 0 saturated carbocycles. The van der Waals surface area contributed by atoms with Crippen LogP contribution in [-0.4, -0.2) is 54.6 Å². The highest BCUT2D eigenvalue weighted by Crippen LogP contribution is 2.22. The van der Waals surface area contributed by atoms with E-state index >= 15 is 0 Å². The summed E-state index contributed by atoms with van der Waals surface area (Å²) >= 11 is 0. The van der Waals surface area contributed by atoms with Crippen molar-refractivity contribution in [2.45, 2.75) is 32.9 Å². The molecule has 2 aliphatic heterocycles. The molecular weight excluding hydrogens is 264 g/mol. The predicted octanol–water partition coefficient (Wildman–Crippen LogP) is 1.93. The molecule has 0 radical (unpaired) electrons. The number of morpholine rings is 1. The summed E-state index contributed by atoms with van der Waals surface area (Å²) in [5.74, 6) is 0.146. The zero-order valence-corrected chi connectivity index (χ0v) is 13.0. The molecule has 1 amide bonds. The Kier molecular flexibility index (Phi) is 4.27. The molecule has 0 N–H and O–H groups in total. The maximum atomic E-state index is 12.5. The van der Waals surface area contributed by atoms with Gasteiger partial charge in [-0.15, -0.1) is 0 Å². The van der Waals surface area contributed by atoms with E-state index in [0.717, 1.165) is 25.1 Å². The number of carbonyl (C=O) groups excluding carboxylic acids is 1. The van der Waals surface area contributed by atoms with Gasteiger partial charge in [-0.05, 0) is 43.5 Å². The number of hydrogen-bond donors (Lipinski definition) is 0. The van der Waals surface area contributed by atoms with Gasteiger partial charge in [-0.2, -0.15) is 0 Å². The predicted molar refractivity (Wildman–Crippen MR) is 82.4 cm³/mol. The highest BCUT2D eigenvalue weighted by molar-refractivity contribution is 5.94. The molecule has 1 aromatic carbocycles. The Morgan fingerprint density at radius 3 is 2.62 bits per heavy atom. The van der Waals surface area contributed by atoms with Gasteiger partial charge in [0.1, 0.15) is 0 Å². The van der Waals surface area contributed by atoms with Crippen LogP contribution in [0.1, 0.15) is 35.3 Å². The second-order valence-corrected chi connectivity index (χ2v) is 6.20. The first-order chi connectivity index (χ1) is 10.1. The minimum absolute atomic E-state index is 0.146. The number of amides is 1. The van der Waals surface area contributed by atoms with Crippen molar-refractivity contribution in [2.75, 3.05) is 32.8 Å². The second-order valence-electron chi connectivity index (χ2n) is 6.20. The van der Waals surface area contributed by atoms with Crippen molar-refractivity contribution in [1.29, 1.82) is 0 Å². The number of carbonyl (C=O) groups is 1. The van der Waals surface area contributed by atoms with Crippen LogP contribution in [0.15, 0.2) is 18.2 Å². The summed E-state index contributed by atoms with van der Waals surface area (Å²) in [6.07, 6.45) is 1.04. The van der Waals surface area contributed by atoms with Gasteiger partial charge in [0.05, 0.1) is 13.2 Å². The Morgan fingerprint density at radius 2 is 1.90 bits per heavy atom. The van der Waals surface area contributed by atoms with Gasteiger partial charge in [0.2, 0.25) is 0 Å². The zero-order valence-electron chi connectivity index (χ0n) is 13.0. The van der Waals surface area contributed by atoms with Crippen LogP contribution in [0.5, 0.6) is 0 Å². The molecule has 0 spiro atoms. The van der Waals surface area contributed by atoms with Crippen molar-refractivity contribution in [3.63, 3.8) is 0 Å². The maximum absolute atomic E-state index is 12.5. The standard InChI is InChI=1S/C17H24N2O2/c1-13(2)19-6-5-14-11-15(3-4-16(14)12-19)17(20)18-7-9-21-10-8-18/h3-4,11,13H,5-10,12H2,1-2H3. The van der Waals surface area contributed by atoms with Crippen LogP contribution in [0.25, 0.3) is 0 Å². The second kappa shape index (κ2) is 6.16. The summed E-state index contributed by atoms with van der Waals surface area (Å²) in [5, 5.41) is 0. The minimum Gasteiger partial charge on any atom is -0.378 e. The quantitative estimate of drug-likeness (QED) is 0.833. The summed E-state index contributed by atoms with van der Waals surface area (Å²) in [6.45, 7) is 9.27. The van der Waals surface area contributed by atoms with Crippen molar-refractivity contribution >= 4 is 5.91 Å². The third-order valence-electron chi connectivity index (χ3n) is 4.52. The topological polar surface area (TPSA) is 32.8 Å². The number of rotatable bonds is 2. The van der Waals surface area contributed by atoms with Crippen LogP contribution in [0.4, 0.5) is 0 Å². The summed E-state index contributed by atoms with van der Waals surface area (Å²) < 4.78 is 5.31. The van der Waals surface area contributed by atoms with Crippen molar-refractivity contribution in [2.24, 2.45) is 0 Å². The highest BCUT2D eigenvalue weighted by Gasteiger charge is 2.22. The molecule has 21 heavy (non-hydrogen) atoms. The van der Waals surface area contributed by atoms with Crippen LogP contribution in [-0.2, 0) is 17.7 Å². The molecule has 2 aliphatic rings. The first-order valence-electron chi connectivity index (χ1n) is 7.88. The Labute approximate surface area is 126 Å². The molecule has 114 valence electrons. The molecular formula is C17H24N2O2. The lowest BCUT2D eigenvalue weighted by Crippen LogP contribution is -2.41.